The first-order valence-electron chi connectivity index (χ1n) is 7.89. The van der Waals surface area contributed by atoms with Gasteiger partial charge in [-0.3, -0.25) is 4.21 Å². The second-order valence-electron chi connectivity index (χ2n) is 6.69. The highest BCUT2D eigenvalue weighted by molar-refractivity contribution is 7.80. The predicted octanol–water partition coefficient (Wildman–Crippen LogP) is 3.81. The molecule has 8 heteroatoms. The van der Waals surface area contributed by atoms with Crippen LogP contribution in [-0.2, 0) is 17.5 Å². The van der Waals surface area contributed by atoms with Gasteiger partial charge in [-0.1, -0.05) is 6.07 Å². The summed E-state index contributed by atoms with van der Waals surface area (Å²) in [5, 5.41) is 6.87. The van der Waals surface area contributed by atoms with Gasteiger partial charge in [0.15, 0.2) is 0 Å². The van der Waals surface area contributed by atoms with Crippen molar-refractivity contribution < 1.29 is 8.76 Å². The summed E-state index contributed by atoms with van der Waals surface area (Å²) in [5.41, 5.74) is 4.52. The molecule has 0 saturated heterocycles. The summed E-state index contributed by atoms with van der Waals surface area (Å²) in [4.78, 5) is 8.13. The molecule has 1 atom stereocenters. The molecule has 0 amide bonds. The standard InChI is InChI=1S/C13H13ClN4.C4H10O2S/c1-8-7-16-13(14)18-12(8)17-10-3-2-9-4-5-15-11(9)6-10;1-4(2,3)7(5)6/h2-3,6-7,15H,4-5H2,1H3,(H,16,17,18);1-3H3,(H,5,6)/p-1. The molecule has 25 heavy (non-hydrogen) atoms. The Morgan fingerprint density at radius 3 is 2.68 bits per heavy atom. The minimum absolute atomic E-state index is 0.252. The Morgan fingerprint density at radius 2 is 2.04 bits per heavy atom. The van der Waals surface area contributed by atoms with Crippen LogP contribution in [0.25, 0.3) is 0 Å². The third-order valence-electron chi connectivity index (χ3n) is 3.52. The molecule has 0 fully saturated rings. The highest BCUT2D eigenvalue weighted by atomic mass is 35.5. The second kappa shape index (κ2) is 8.12. The molecule has 2 N–H and O–H groups in total. The van der Waals surface area contributed by atoms with Crippen LogP contribution in [0, 0.1) is 6.92 Å². The molecule has 2 aromatic rings. The first kappa shape index (κ1) is 19.6. The number of fused-ring (bicyclic) bond motifs is 1. The van der Waals surface area contributed by atoms with Crippen LogP contribution < -0.4 is 10.6 Å². The van der Waals surface area contributed by atoms with E-state index in [1.165, 1.54) is 11.3 Å². The summed E-state index contributed by atoms with van der Waals surface area (Å²) in [7, 11) is 0. The van der Waals surface area contributed by atoms with Crippen LogP contribution in [0.2, 0.25) is 5.28 Å². The number of halogens is 1. The maximum Gasteiger partial charge on any atom is 0.224 e. The van der Waals surface area contributed by atoms with Crippen LogP contribution >= 0.6 is 11.6 Å². The summed E-state index contributed by atoms with van der Waals surface area (Å²) < 4.78 is 19.5. The van der Waals surface area contributed by atoms with Crippen molar-refractivity contribution in [2.45, 2.75) is 38.9 Å². The van der Waals surface area contributed by atoms with Gasteiger partial charge >= 0.3 is 0 Å². The van der Waals surface area contributed by atoms with Gasteiger partial charge in [-0.25, -0.2) is 9.97 Å². The lowest BCUT2D eigenvalue weighted by Crippen LogP contribution is -2.20. The van der Waals surface area contributed by atoms with E-state index in [4.69, 9.17) is 11.6 Å². The Bertz CT molecular complexity index is 778. The van der Waals surface area contributed by atoms with E-state index in [2.05, 4.69) is 38.8 Å². The Labute approximate surface area is 155 Å². The number of anilines is 3. The van der Waals surface area contributed by atoms with Crippen LogP contribution in [0.5, 0.6) is 0 Å². The molecule has 0 spiro atoms. The van der Waals surface area contributed by atoms with E-state index < -0.39 is 15.8 Å². The van der Waals surface area contributed by atoms with Gasteiger partial charge in [0, 0.05) is 34.4 Å². The number of aromatic nitrogens is 2. The van der Waals surface area contributed by atoms with Gasteiger partial charge in [0.05, 0.1) is 0 Å². The molecule has 1 aromatic heterocycles. The topological polar surface area (TPSA) is 90.0 Å². The number of rotatable bonds is 2. The zero-order valence-corrected chi connectivity index (χ0v) is 16.3. The van der Waals surface area contributed by atoms with E-state index in [0.717, 1.165) is 30.0 Å². The van der Waals surface area contributed by atoms with Gasteiger partial charge < -0.3 is 15.2 Å². The largest absolute Gasteiger partial charge is 0.772 e. The molecular weight excluding hydrogens is 360 g/mol. The number of benzene rings is 1. The van der Waals surface area contributed by atoms with E-state index in [0.29, 0.717) is 0 Å². The first-order chi connectivity index (χ1) is 11.7. The van der Waals surface area contributed by atoms with E-state index in [1.807, 2.05) is 6.92 Å². The van der Waals surface area contributed by atoms with Crippen LogP contribution in [0.4, 0.5) is 17.2 Å². The fraction of sp³-hybridized carbons (Fsp3) is 0.412. The molecule has 1 aromatic carbocycles. The van der Waals surface area contributed by atoms with Crippen LogP contribution in [0.3, 0.4) is 0 Å². The van der Waals surface area contributed by atoms with Crippen LogP contribution in [0.15, 0.2) is 24.4 Å². The van der Waals surface area contributed by atoms with Gasteiger partial charge in [-0.05, 0) is 74.5 Å². The fourth-order valence-corrected chi connectivity index (χ4v) is 2.19. The quantitative estimate of drug-likeness (QED) is 0.607. The molecule has 2 heterocycles. The molecule has 0 bridgehead atoms. The summed E-state index contributed by atoms with van der Waals surface area (Å²) in [6.07, 6.45) is 2.80. The summed E-state index contributed by atoms with van der Waals surface area (Å²) in [5.74, 6) is 0.743. The lowest BCUT2D eigenvalue weighted by molar-refractivity contribution is 0.505. The molecule has 0 radical (unpaired) electrons. The van der Waals surface area contributed by atoms with E-state index in [9.17, 15) is 8.76 Å². The number of hydrogen-bond acceptors (Lipinski definition) is 6. The smallest absolute Gasteiger partial charge is 0.224 e. The summed E-state index contributed by atoms with van der Waals surface area (Å²) >= 11 is 3.87. The average molecular weight is 382 g/mol. The number of nitrogens with one attached hydrogen (secondary N) is 2. The summed E-state index contributed by atoms with van der Waals surface area (Å²) in [6.45, 7) is 7.91. The Hall–Kier alpha value is -1.70. The first-order valence-corrected chi connectivity index (χ1v) is 9.34. The molecule has 136 valence electrons. The number of aryl methyl sites for hydroxylation is 1. The van der Waals surface area contributed by atoms with Crippen LogP contribution in [0.1, 0.15) is 31.9 Å². The maximum absolute atomic E-state index is 10.0. The lowest BCUT2D eigenvalue weighted by Gasteiger charge is -2.20. The normalized spacial score (nSPS) is 14.0. The third kappa shape index (κ3) is 5.66. The fourth-order valence-electron chi connectivity index (χ4n) is 2.05. The van der Waals surface area contributed by atoms with Crippen molar-refractivity contribution in [1.29, 1.82) is 0 Å². The molecule has 0 saturated carbocycles. The Kier molecular flexibility index (Phi) is 6.37. The zero-order chi connectivity index (χ0) is 18.6. The van der Waals surface area contributed by atoms with Crippen molar-refractivity contribution in [3.63, 3.8) is 0 Å². The molecule has 3 rings (SSSR count). The Balaban J connectivity index is 0.000000277. The molecule has 1 aliphatic rings. The highest BCUT2D eigenvalue weighted by Gasteiger charge is 2.11. The summed E-state index contributed by atoms with van der Waals surface area (Å²) in [6, 6.07) is 6.29. The molecule has 1 aliphatic heterocycles. The predicted molar refractivity (Wildman–Crippen MR) is 102 cm³/mol. The van der Waals surface area contributed by atoms with Gasteiger partial charge in [-0.2, -0.15) is 0 Å². The van der Waals surface area contributed by atoms with Gasteiger partial charge in [0.25, 0.3) is 0 Å². The van der Waals surface area contributed by atoms with Crippen molar-refractivity contribution in [2.24, 2.45) is 0 Å². The van der Waals surface area contributed by atoms with E-state index in [1.54, 1.807) is 27.0 Å². The van der Waals surface area contributed by atoms with Crippen molar-refractivity contribution in [3.05, 3.63) is 40.8 Å². The van der Waals surface area contributed by atoms with Gasteiger partial charge in [-0.15, -0.1) is 0 Å². The lowest BCUT2D eigenvalue weighted by atomic mass is 10.1. The van der Waals surface area contributed by atoms with Crippen molar-refractivity contribution in [3.8, 4) is 0 Å². The third-order valence-corrected chi connectivity index (χ3v) is 4.71. The van der Waals surface area contributed by atoms with Gasteiger partial charge in [0.2, 0.25) is 5.28 Å². The SMILES string of the molecule is CC(C)(C)S(=O)[O-].Cc1cnc(Cl)nc1Nc1ccc2c(c1)NCC2. The zero-order valence-electron chi connectivity index (χ0n) is 14.7. The molecule has 0 aliphatic carbocycles. The minimum atomic E-state index is -1.93. The molecule has 1 unspecified atom stereocenters. The maximum atomic E-state index is 10.0. The van der Waals surface area contributed by atoms with Gasteiger partial charge in [0.1, 0.15) is 5.82 Å². The second-order valence-corrected chi connectivity index (χ2v) is 8.72. The monoisotopic (exact) mass is 381 g/mol. The average Bonchev–Trinajstić information content (AvgIpc) is 2.98. The molecular formula is C17H22ClN4O2S-. The van der Waals surface area contributed by atoms with Crippen LogP contribution in [-0.4, -0.2) is 30.0 Å². The molecule has 6 nitrogen and oxygen atoms in total. The van der Waals surface area contributed by atoms with Crippen molar-refractivity contribution >= 4 is 39.9 Å². The number of nitrogens with zero attached hydrogens (tertiary/aromatic N) is 2. The Morgan fingerprint density at radius 1 is 1.36 bits per heavy atom. The van der Waals surface area contributed by atoms with Crippen molar-refractivity contribution in [1.82, 2.24) is 9.97 Å². The van der Waals surface area contributed by atoms with E-state index >= 15 is 0 Å². The van der Waals surface area contributed by atoms with E-state index in [-0.39, 0.29) is 5.28 Å². The van der Waals surface area contributed by atoms with Crippen molar-refractivity contribution in [2.75, 3.05) is 17.2 Å². The minimum Gasteiger partial charge on any atom is -0.772 e. The number of hydrogen-bond donors (Lipinski definition) is 2. The highest BCUT2D eigenvalue weighted by Crippen LogP contribution is 2.27.